The first-order valence-corrected chi connectivity index (χ1v) is 4.15. The molecular formula is C9H9N3O2. The number of rotatable bonds is 1. The zero-order valence-electron chi connectivity index (χ0n) is 7.85. The third kappa shape index (κ3) is 1.22. The van der Waals surface area contributed by atoms with E-state index in [4.69, 9.17) is 5.11 Å². The predicted molar refractivity (Wildman–Crippen MR) is 49.4 cm³/mol. The third-order valence-corrected chi connectivity index (χ3v) is 2.10. The highest BCUT2D eigenvalue weighted by Crippen LogP contribution is 2.08. The van der Waals surface area contributed by atoms with Crippen molar-refractivity contribution in [1.29, 1.82) is 0 Å². The number of aromatic nitrogens is 3. The molecule has 5 nitrogen and oxygen atoms in total. The Morgan fingerprint density at radius 1 is 1.50 bits per heavy atom. The molecule has 0 atom stereocenters. The normalized spacial score (nSPS) is 10.7. The number of aryl methyl sites for hydroxylation is 2. The third-order valence-electron chi connectivity index (χ3n) is 2.10. The predicted octanol–water partition coefficient (Wildman–Crippen LogP) is 1.04. The van der Waals surface area contributed by atoms with E-state index >= 15 is 0 Å². The van der Waals surface area contributed by atoms with Crippen LogP contribution in [0.5, 0.6) is 0 Å². The number of carbonyl (C=O) groups is 1. The molecule has 0 unspecified atom stereocenters. The van der Waals surface area contributed by atoms with Gasteiger partial charge in [-0.2, -0.15) is 5.10 Å². The molecule has 0 aliphatic carbocycles. The van der Waals surface area contributed by atoms with Gasteiger partial charge in [0, 0.05) is 18.0 Å². The molecule has 0 spiro atoms. The van der Waals surface area contributed by atoms with E-state index < -0.39 is 5.97 Å². The Labute approximate surface area is 80.0 Å². The second-order valence-corrected chi connectivity index (χ2v) is 3.15. The Morgan fingerprint density at radius 2 is 2.21 bits per heavy atom. The van der Waals surface area contributed by atoms with Crippen molar-refractivity contribution in [3.05, 3.63) is 29.2 Å². The highest BCUT2D eigenvalue weighted by molar-refractivity contribution is 5.86. The second kappa shape index (κ2) is 2.80. The van der Waals surface area contributed by atoms with Crippen molar-refractivity contribution < 1.29 is 9.90 Å². The number of aromatic carboxylic acids is 1. The maximum Gasteiger partial charge on any atom is 0.356 e. The van der Waals surface area contributed by atoms with Crippen molar-refractivity contribution in [3.8, 4) is 0 Å². The summed E-state index contributed by atoms with van der Waals surface area (Å²) in [5, 5.41) is 12.6. The minimum Gasteiger partial charge on any atom is -0.476 e. The fourth-order valence-corrected chi connectivity index (χ4v) is 1.20. The number of nitrogens with zero attached hydrogens (tertiary/aromatic N) is 3. The molecule has 0 fully saturated rings. The topological polar surface area (TPSA) is 67.5 Å². The summed E-state index contributed by atoms with van der Waals surface area (Å²) in [6, 6.07) is 1.45. The Hall–Kier alpha value is -1.91. The van der Waals surface area contributed by atoms with Gasteiger partial charge in [0.25, 0.3) is 0 Å². The van der Waals surface area contributed by atoms with Gasteiger partial charge in [-0.15, -0.1) is 0 Å². The van der Waals surface area contributed by atoms with Crippen LogP contribution in [-0.2, 0) is 0 Å². The van der Waals surface area contributed by atoms with Gasteiger partial charge >= 0.3 is 5.97 Å². The first-order valence-electron chi connectivity index (χ1n) is 4.15. The van der Waals surface area contributed by atoms with Crippen molar-refractivity contribution in [2.75, 3.05) is 0 Å². The second-order valence-electron chi connectivity index (χ2n) is 3.15. The largest absolute Gasteiger partial charge is 0.476 e. The molecule has 14 heavy (non-hydrogen) atoms. The van der Waals surface area contributed by atoms with E-state index in [2.05, 4.69) is 10.1 Å². The van der Waals surface area contributed by atoms with Crippen LogP contribution in [0, 0.1) is 13.8 Å². The summed E-state index contributed by atoms with van der Waals surface area (Å²) in [6.07, 6.45) is 1.77. The molecule has 0 bridgehead atoms. The fraction of sp³-hybridized carbons (Fsp3) is 0.222. The summed E-state index contributed by atoms with van der Waals surface area (Å²) < 4.78 is 1.48. The lowest BCUT2D eigenvalue weighted by atomic mass is 10.3. The summed E-state index contributed by atoms with van der Waals surface area (Å²) >= 11 is 0. The van der Waals surface area contributed by atoms with Crippen molar-refractivity contribution in [1.82, 2.24) is 14.6 Å². The van der Waals surface area contributed by atoms with Gasteiger partial charge in [-0.3, -0.25) is 0 Å². The van der Waals surface area contributed by atoms with Gasteiger partial charge in [0.15, 0.2) is 11.3 Å². The molecule has 1 N–H and O–H groups in total. The Morgan fingerprint density at radius 3 is 2.86 bits per heavy atom. The molecule has 0 saturated carbocycles. The van der Waals surface area contributed by atoms with E-state index in [1.165, 1.54) is 10.6 Å². The van der Waals surface area contributed by atoms with Gasteiger partial charge in [0.1, 0.15) is 0 Å². The van der Waals surface area contributed by atoms with Crippen LogP contribution in [0.1, 0.15) is 21.7 Å². The van der Waals surface area contributed by atoms with E-state index in [0.717, 1.165) is 11.3 Å². The summed E-state index contributed by atoms with van der Waals surface area (Å²) in [6.45, 7) is 3.78. The van der Waals surface area contributed by atoms with Crippen LogP contribution in [-0.4, -0.2) is 25.7 Å². The van der Waals surface area contributed by atoms with Crippen molar-refractivity contribution in [3.63, 3.8) is 0 Å². The van der Waals surface area contributed by atoms with E-state index in [1.807, 2.05) is 13.8 Å². The Bertz CT molecular complexity index is 477. The van der Waals surface area contributed by atoms with E-state index in [-0.39, 0.29) is 5.69 Å². The van der Waals surface area contributed by atoms with Crippen LogP contribution in [0.15, 0.2) is 12.3 Å². The Balaban J connectivity index is 2.72. The quantitative estimate of drug-likeness (QED) is 0.731. The summed E-state index contributed by atoms with van der Waals surface area (Å²) in [5.74, 6) is -1.04. The SMILES string of the molecule is Cc1cn2nc(C(=O)O)cc2nc1C. The van der Waals surface area contributed by atoms with Gasteiger partial charge in [-0.05, 0) is 19.4 Å². The van der Waals surface area contributed by atoms with E-state index in [1.54, 1.807) is 6.20 Å². The lowest BCUT2D eigenvalue weighted by molar-refractivity contribution is 0.0690. The van der Waals surface area contributed by atoms with Gasteiger partial charge in [-0.25, -0.2) is 14.3 Å². The molecule has 0 saturated heterocycles. The minimum atomic E-state index is -1.04. The van der Waals surface area contributed by atoms with Crippen LogP contribution in [0.3, 0.4) is 0 Å². The van der Waals surface area contributed by atoms with E-state index in [0.29, 0.717) is 5.65 Å². The first kappa shape index (κ1) is 8.68. The van der Waals surface area contributed by atoms with Crippen molar-refractivity contribution in [2.24, 2.45) is 0 Å². The summed E-state index contributed by atoms with van der Waals surface area (Å²) in [7, 11) is 0. The molecule has 2 aromatic heterocycles. The summed E-state index contributed by atoms with van der Waals surface area (Å²) in [5.41, 5.74) is 2.44. The van der Waals surface area contributed by atoms with Crippen molar-refractivity contribution in [2.45, 2.75) is 13.8 Å². The van der Waals surface area contributed by atoms with Crippen LogP contribution in [0.4, 0.5) is 0 Å². The molecule has 2 heterocycles. The zero-order chi connectivity index (χ0) is 10.3. The lowest BCUT2D eigenvalue weighted by Crippen LogP contribution is -1.98. The maximum absolute atomic E-state index is 10.6. The molecular weight excluding hydrogens is 182 g/mol. The van der Waals surface area contributed by atoms with Gasteiger partial charge in [0.05, 0.1) is 0 Å². The van der Waals surface area contributed by atoms with E-state index in [9.17, 15) is 4.79 Å². The monoisotopic (exact) mass is 191 g/mol. The number of fused-ring (bicyclic) bond motifs is 1. The Kier molecular flexibility index (Phi) is 1.73. The fourth-order valence-electron chi connectivity index (χ4n) is 1.20. The molecule has 0 amide bonds. The van der Waals surface area contributed by atoms with Gasteiger partial charge in [0.2, 0.25) is 0 Å². The highest BCUT2D eigenvalue weighted by atomic mass is 16.4. The molecule has 2 aromatic rings. The molecule has 72 valence electrons. The summed E-state index contributed by atoms with van der Waals surface area (Å²) in [4.78, 5) is 14.9. The molecule has 0 radical (unpaired) electrons. The lowest BCUT2D eigenvalue weighted by Gasteiger charge is -1.98. The number of hydrogen-bond acceptors (Lipinski definition) is 3. The van der Waals surface area contributed by atoms with Crippen LogP contribution >= 0.6 is 0 Å². The standard InChI is InChI=1S/C9H9N3O2/c1-5-4-12-8(10-6(5)2)3-7(11-12)9(13)14/h3-4H,1-2H3,(H,13,14). The smallest absolute Gasteiger partial charge is 0.356 e. The molecule has 2 rings (SSSR count). The average molecular weight is 191 g/mol. The van der Waals surface area contributed by atoms with Gasteiger partial charge < -0.3 is 5.11 Å². The molecule has 0 aliphatic heterocycles. The number of carboxylic acids is 1. The minimum absolute atomic E-state index is 0.0162. The first-order chi connectivity index (χ1) is 6.58. The van der Waals surface area contributed by atoms with Crippen LogP contribution < -0.4 is 0 Å². The zero-order valence-corrected chi connectivity index (χ0v) is 7.85. The highest BCUT2D eigenvalue weighted by Gasteiger charge is 2.09. The van der Waals surface area contributed by atoms with Crippen LogP contribution in [0.2, 0.25) is 0 Å². The molecule has 0 aliphatic rings. The maximum atomic E-state index is 10.6. The molecule has 0 aromatic carbocycles. The molecule has 5 heteroatoms. The average Bonchev–Trinajstić information content (AvgIpc) is 2.48. The van der Waals surface area contributed by atoms with Crippen molar-refractivity contribution >= 4 is 11.6 Å². The number of hydrogen-bond donors (Lipinski definition) is 1. The van der Waals surface area contributed by atoms with Crippen LogP contribution in [0.25, 0.3) is 5.65 Å². The van der Waals surface area contributed by atoms with Gasteiger partial charge in [-0.1, -0.05) is 0 Å². The number of carboxylic acid groups (broad SMARTS) is 1.